The largest absolute Gasteiger partial charge is 0.479 e. The van der Waals surface area contributed by atoms with Gasteiger partial charge in [0.25, 0.3) is 0 Å². The van der Waals surface area contributed by atoms with Crippen LogP contribution in [-0.2, 0) is 4.79 Å². The number of rotatable bonds is 2. The van der Waals surface area contributed by atoms with Gasteiger partial charge >= 0.3 is 5.97 Å². The third kappa shape index (κ3) is 1.68. The number of aliphatic carboxylic acids is 1. The van der Waals surface area contributed by atoms with Gasteiger partial charge in [-0.2, -0.15) is 0 Å². The summed E-state index contributed by atoms with van der Waals surface area (Å²) >= 11 is 5.74. The summed E-state index contributed by atoms with van der Waals surface area (Å²) in [5, 5.41) is 9.60. The molecule has 3 nitrogen and oxygen atoms in total. The Morgan fingerprint density at radius 2 is 2.27 bits per heavy atom. The Labute approximate surface area is 89.5 Å². The predicted molar refractivity (Wildman–Crippen MR) is 54.8 cm³/mol. The molecule has 1 unspecified atom stereocenters. The minimum absolute atomic E-state index is 0.120. The molecule has 0 aliphatic carbocycles. The molecule has 15 heavy (non-hydrogen) atoms. The number of benzene rings is 1. The van der Waals surface area contributed by atoms with E-state index in [1.54, 1.807) is 18.2 Å². The molecule has 2 rings (SSSR count). The van der Waals surface area contributed by atoms with Crippen molar-refractivity contribution in [1.29, 1.82) is 0 Å². The molecule has 0 bridgehead atoms. The molecule has 1 aromatic carbocycles. The number of H-pyrrole nitrogens is 1. The quantitative estimate of drug-likeness (QED) is 0.829. The van der Waals surface area contributed by atoms with Gasteiger partial charge in [-0.05, 0) is 12.1 Å². The lowest BCUT2D eigenvalue weighted by atomic mass is 10.1. The molecule has 0 saturated heterocycles. The van der Waals surface area contributed by atoms with E-state index >= 15 is 0 Å². The van der Waals surface area contributed by atoms with E-state index in [1.165, 1.54) is 6.20 Å². The summed E-state index contributed by atoms with van der Waals surface area (Å²) in [5.74, 6) is -1.49. The van der Waals surface area contributed by atoms with Crippen LogP contribution in [0.15, 0.2) is 24.4 Å². The second-order valence-electron chi connectivity index (χ2n) is 3.13. The van der Waals surface area contributed by atoms with Crippen LogP contribution in [0.2, 0.25) is 5.02 Å². The number of carboxylic acids is 1. The number of nitrogens with one attached hydrogen (secondary N) is 1. The van der Waals surface area contributed by atoms with Gasteiger partial charge in [0.1, 0.15) is 0 Å². The Balaban J connectivity index is 2.59. The first-order valence-corrected chi connectivity index (χ1v) is 4.61. The maximum Gasteiger partial charge on any atom is 0.343 e. The van der Waals surface area contributed by atoms with Crippen molar-refractivity contribution in [3.63, 3.8) is 0 Å². The van der Waals surface area contributed by atoms with Crippen molar-refractivity contribution in [1.82, 2.24) is 4.98 Å². The summed E-state index contributed by atoms with van der Waals surface area (Å²) in [5.41, 5.74) is 0.746. The fourth-order valence-electron chi connectivity index (χ4n) is 1.46. The zero-order valence-corrected chi connectivity index (χ0v) is 8.25. The molecule has 1 heterocycles. The number of aromatic nitrogens is 1. The van der Waals surface area contributed by atoms with E-state index in [1.807, 2.05) is 0 Å². The monoisotopic (exact) mass is 227 g/mol. The molecule has 5 heteroatoms. The molecular weight excluding hydrogens is 221 g/mol. The van der Waals surface area contributed by atoms with Crippen molar-refractivity contribution < 1.29 is 14.3 Å². The van der Waals surface area contributed by atoms with E-state index in [2.05, 4.69) is 4.98 Å². The smallest absolute Gasteiger partial charge is 0.343 e. The topological polar surface area (TPSA) is 53.1 Å². The summed E-state index contributed by atoms with van der Waals surface area (Å²) < 4.78 is 13.3. The lowest BCUT2D eigenvalue weighted by Crippen LogP contribution is -2.04. The molecule has 0 amide bonds. The van der Waals surface area contributed by atoms with Crippen molar-refractivity contribution in [3.8, 4) is 0 Å². The van der Waals surface area contributed by atoms with E-state index in [4.69, 9.17) is 16.7 Å². The Morgan fingerprint density at radius 3 is 2.93 bits per heavy atom. The normalized spacial score (nSPS) is 12.9. The van der Waals surface area contributed by atoms with Gasteiger partial charge in [-0.3, -0.25) is 0 Å². The SMILES string of the molecule is O=C(O)C(F)c1c[nH]c2cc(Cl)ccc12. The second kappa shape index (κ2) is 3.55. The van der Waals surface area contributed by atoms with Crippen LogP contribution in [0.25, 0.3) is 10.9 Å². The van der Waals surface area contributed by atoms with Crippen LogP contribution in [0, 0.1) is 0 Å². The summed E-state index contributed by atoms with van der Waals surface area (Å²) in [6.45, 7) is 0. The molecule has 78 valence electrons. The number of carbonyl (C=O) groups is 1. The maximum absolute atomic E-state index is 13.3. The van der Waals surface area contributed by atoms with Crippen molar-refractivity contribution in [2.24, 2.45) is 0 Å². The first-order chi connectivity index (χ1) is 7.09. The summed E-state index contributed by atoms with van der Waals surface area (Å²) in [6.07, 6.45) is -0.667. The van der Waals surface area contributed by atoms with Gasteiger partial charge in [0, 0.05) is 27.7 Å². The molecule has 0 aliphatic heterocycles. The third-order valence-corrected chi connectivity index (χ3v) is 2.40. The third-order valence-electron chi connectivity index (χ3n) is 2.17. The average Bonchev–Trinajstić information content (AvgIpc) is 2.59. The van der Waals surface area contributed by atoms with Crippen molar-refractivity contribution in [3.05, 3.63) is 35.0 Å². The second-order valence-corrected chi connectivity index (χ2v) is 3.57. The van der Waals surface area contributed by atoms with E-state index in [-0.39, 0.29) is 5.56 Å². The molecule has 1 aromatic heterocycles. The Hall–Kier alpha value is -1.55. The highest BCUT2D eigenvalue weighted by atomic mass is 35.5. The van der Waals surface area contributed by atoms with Crippen LogP contribution >= 0.6 is 11.6 Å². The highest BCUT2D eigenvalue weighted by Gasteiger charge is 2.21. The van der Waals surface area contributed by atoms with Gasteiger partial charge in [-0.1, -0.05) is 17.7 Å². The van der Waals surface area contributed by atoms with Gasteiger partial charge in [0.05, 0.1) is 0 Å². The predicted octanol–water partition coefficient (Wildman–Crippen LogP) is 2.92. The minimum atomic E-state index is -2.01. The number of halogens is 2. The number of alkyl halides is 1. The van der Waals surface area contributed by atoms with Crippen LogP contribution in [0.5, 0.6) is 0 Å². The Morgan fingerprint density at radius 1 is 1.53 bits per heavy atom. The molecular formula is C10H7ClFNO2. The van der Waals surface area contributed by atoms with Crippen LogP contribution < -0.4 is 0 Å². The average molecular weight is 228 g/mol. The van der Waals surface area contributed by atoms with Crippen molar-refractivity contribution >= 4 is 28.5 Å². The molecule has 2 N–H and O–H groups in total. The first kappa shape index (κ1) is 9.98. The van der Waals surface area contributed by atoms with E-state index in [0.717, 1.165) is 0 Å². The van der Waals surface area contributed by atoms with Crippen LogP contribution in [-0.4, -0.2) is 16.1 Å². The van der Waals surface area contributed by atoms with Crippen molar-refractivity contribution in [2.75, 3.05) is 0 Å². The fourth-order valence-corrected chi connectivity index (χ4v) is 1.64. The van der Waals surface area contributed by atoms with E-state index in [0.29, 0.717) is 15.9 Å². The molecule has 2 aromatic rings. The number of hydrogen-bond acceptors (Lipinski definition) is 1. The summed E-state index contributed by atoms with van der Waals surface area (Å²) in [4.78, 5) is 13.3. The van der Waals surface area contributed by atoms with Gasteiger partial charge in [0.2, 0.25) is 6.17 Å². The number of hydrogen-bond donors (Lipinski definition) is 2. The van der Waals surface area contributed by atoms with Gasteiger partial charge < -0.3 is 10.1 Å². The zero-order valence-electron chi connectivity index (χ0n) is 7.50. The Kier molecular flexibility index (Phi) is 2.36. The van der Waals surface area contributed by atoms with Crippen molar-refractivity contribution in [2.45, 2.75) is 6.17 Å². The summed E-state index contributed by atoms with van der Waals surface area (Å²) in [6, 6.07) is 4.81. The van der Waals surface area contributed by atoms with E-state index < -0.39 is 12.1 Å². The zero-order chi connectivity index (χ0) is 11.0. The first-order valence-electron chi connectivity index (χ1n) is 4.23. The number of aromatic amines is 1. The van der Waals surface area contributed by atoms with Crippen LogP contribution in [0.4, 0.5) is 4.39 Å². The Bertz CT molecular complexity index is 523. The van der Waals surface area contributed by atoms with Crippen LogP contribution in [0.1, 0.15) is 11.7 Å². The standard InChI is InChI=1S/C10H7ClFNO2/c11-5-1-2-6-7(9(12)10(14)15)4-13-8(6)3-5/h1-4,9,13H,(H,14,15). The van der Waals surface area contributed by atoms with Crippen LogP contribution in [0.3, 0.4) is 0 Å². The highest BCUT2D eigenvalue weighted by Crippen LogP contribution is 2.28. The molecule has 0 aliphatic rings. The summed E-state index contributed by atoms with van der Waals surface area (Å²) in [7, 11) is 0. The van der Waals surface area contributed by atoms with Gasteiger partial charge in [0.15, 0.2) is 0 Å². The molecule has 0 spiro atoms. The molecule has 0 radical (unpaired) electrons. The highest BCUT2D eigenvalue weighted by molar-refractivity contribution is 6.31. The minimum Gasteiger partial charge on any atom is -0.479 e. The van der Waals surface area contributed by atoms with E-state index in [9.17, 15) is 9.18 Å². The fraction of sp³-hybridized carbons (Fsp3) is 0.100. The molecule has 0 fully saturated rings. The molecule has 1 atom stereocenters. The van der Waals surface area contributed by atoms with Gasteiger partial charge in [-0.25, -0.2) is 9.18 Å². The van der Waals surface area contributed by atoms with Gasteiger partial charge in [-0.15, -0.1) is 0 Å². The lowest BCUT2D eigenvalue weighted by molar-refractivity contribution is -0.142. The molecule has 0 saturated carbocycles. The number of fused-ring (bicyclic) bond motifs is 1. The number of carboxylic acid groups (broad SMARTS) is 1. The maximum atomic E-state index is 13.3. The lowest BCUT2D eigenvalue weighted by Gasteiger charge is -2.00.